The average Bonchev–Trinajstić information content (AvgIpc) is 2.67. The highest BCUT2D eigenvalue weighted by Gasteiger charge is 2.29. The Labute approximate surface area is 175 Å². The number of rotatable bonds is 8. The van der Waals surface area contributed by atoms with E-state index in [0.29, 0.717) is 10.6 Å². The lowest BCUT2D eigenvalue weighted by atomic mass is 10.1. The molecular weight excluding hydrogens is 418 g/mol. The van der Waals surface area contributed by atoms with E-state index in [2.05, 4.69) is 0 Å². The Morgan fingerprint density at radius 1 is 1.00 bits per heavy atom. The Bertz CT molecular complexity index is 989. The number of aryl methyl sites for hydroxylation is 1. The molecule has 2 rings (SSSR count). The average molecular weight is 440 g/mol. The monoisotopic (exact) mass is 439 g/mol. The van der Waals surface area contributed by atoms with Gasteiger partial charge in [-0.05, 0) is 62.7 Å². The van der Waals surface area contributed by atoms with Gasteiger partial charge >= 0.3 is 11.9 Å². The fraction of sp³-hybridized carbons (Fsp3) is 0.300. The molecule has 156 valence electrons. The molecule has 0 radical (unpaired) electrons. The van der Waals surface area contributed by atoms with Crippen molar-refractivity contribution in [3.63, 3.8) is 0 Å². The van der Waals surface area contributed by atoms with Crippen LogP contribution >= 0.6 is 11.6 Å². The Morgan fingerprint density at radius 3 is 2.21 bits per heavy atom. The standard InChI is InChI=1S/C20H22ClNO6S/c1-4-27-19(23)13-22(29(25,26)17-10-8-16(21)9-11-17)18-12-15(7-6-14(18)3)20(24)28-5-2/h6-12H,4-5,13H2,1-3H3. The van der Waals surface area contributed by atoms with E-state index < -0.39 is 28.5 Å². The Balaban J connectivity index is 2.59. The largest absolute Gasteiger partial charge is 0.465 e. The van der Waals surface area contributed by atoms with Crippen molar-refractivity contribution in [3.8, 4) is 0 Å². The third-order valence-corrected chi connectivity index (χ3v) is 5.99. The van der Waals surface area contributed by atoms with E-state index in [1.54, 1.807) is 26.8 Å². The van der Waals surface area contributed by atoms with Crippen LogP contribution in [0.1, 0.15) is 29.8 Å². The number of halogens is 1. The number of sulfonamides is 1. The first-order chi connectivity index (χ1) is 13.7. The molecule has 2 aromatic rings. The number of esters is 2. The van der Waals surface area contributed by atoms with Crippen LogP contribution in [0.4, 0.5) is 5.69 Å². The van der Waals surface area contributed by atoms with Gasteiger partial charge in [0.15, 0.2) is 0 Å². The molecule has 7 nitrogen and oxygen atoms in total. The van der Waals surface area contributed by atoms with Gasteiger partial charge in [-0.25, -0.2) is 13.2 Å². The van der Waals surface area contributed by atoms with Crippen molar-refractivity contribution in [3.05, 3.63) is 58.6 Å². The summed E-state index contributed by atoms with van der Waals surface area (Å²) in [5, 5.41) is 0.376. The van der Waals surface area contributed by atoms with E-state index >= 15 is 0 Å². The molecule has 0 aliphatic rings. The van der Waals surface area contributed by atoms with Crippen LogP contribution in [0.3, 0.4) is 0 Å². The second kappa shape index (κ2) is 9.76. The van der Waals surface area contributed by atoms with Crippen molar-refractivity contribution < 1.29 is 27.5 Å². The topological polar surface area (TPSA) is 90.0 Å². The van der Waals surface area contributed by atoms with Crippen LogP contribution in [0.5, 0.6) is 0 Å². The third kappa shape index (κ3) is 5.48. The first kappa shape index (κ1) is 22.7. The molecule has 0 unspecified atom stereocenters. The number of hydrogen-bond acceptors (Lipinski definition) is 6. The first-order valence-electron chi connectivity index (χ1n) is 8.92. The molecule has 0 aliphatic carbocycles. The molecule has 0 N–H and O–H groups in total. The summed E-state index contributed by atoms with van der Waals surface area (Å²) >= 11 is 5.86. The van der Waals surface area contributed by atoms with E-state index in [1.807, 2.05) is 0 Å². The van der Waals surface area contributed by atoms with Crippen molar-refractivity contribution in [2.45, 2.75) is 25.7 Å². The third-order valence-electron chi connectivity index (χ3n) is 3.97. The van der Waals surface area contributed by atoms with E-state index in [1.165, 1.54) is 36.4 Å². The Morgan fingerprint density at radius 2 is 1.62 bits per heavy atom. The minimum Gasteiger partial charge on any atom is -0.465 e. The SMILES string of the molecule is CCOC(=O)CN(c1cc(C(=O)OCC)ccc1C)S(=O)(=O)c1ccc(Cl)cc1. The quantitative estimate of drug-likeness (QED) is 0.584. The molecule has 0 saturated carbocycles. The molecule has 29 heavy (non-hydrogen) atoms. The molecule has 0 aliphatic heterocycles. The van der Waals surface area contributed by atoms with Crippen molar-refractivity contribution >= 4 is 39.3 Å². The van der Waals surface area contributed by atoms with Gasteiger partial charge in [0.05, 0.1) is 29.4 Å². The number of carbonyl (C=O) groups excluding carboxylic acids is 2. The van der Waals surface area contributed by atoms with Gasteiger partial charge in [-0.2, -0.15) is 0 Å². The molecule has 0 fully saturated rings. The summed E-state index contributed by atoms with van der Waals surface area (Å²) in [5.41, 5.74) is 0.908. The van der Waals surface area contributed by atoms with Crippen molar-refractivity contribution in [1.29, 1.82) is 0 Å². The minimum absolute atomic E-state index is 0.0489. The number of ether oxygens (including phenoxy) is 2. The predicted molar refractivity (Wildman–Crippen MR) is 110 cm³/mol. The van der Waals surface area contributed by atoms with Gasteiger partial charge in [0.1, 0.15) is 6.54 Å². The van der Waals surface area contributed by atoms with Crippen molar-refractivity contribution in [2.75, 3.05) is 24.1 Å². The summed E-state index contributed by atoms with van der Waals surface area (Å²) in [6, 6.07) is 10.1. The van der Waals surface area contributed by atoms with Gasteiger partial charge in [-0.15, -0.1) is 0 Å². The lowest BCUT2D eigenvalue weighted by Gasteiger charge is -2.25. The van der Waals surface area contributed by atoms with Crippen LogP contribution in [0.2, 0.25) is 5.02 Å². The molecule has 0 amide bonds. The highest BCUT2D eigenvalue weighted by molar-refractivity contribution is 7.92. The summed E-state index contributed by atoms with van der Waals surface area (Å²) in [5.74, 6) is -1.31. The first-order valence-corrected chi connectivity index (χ1v) is 10.7. The molecule has 0 saturated heterocycles. The molecule has 0 aromatic heterocycles. The highest BCUT2D eigenvalue weighted by atomic mass is 35.5. The van der Waals surface area contributed by atoms with Crippen molar-refractivity contribution in [1.82, 2.24) is 0 Å². The molecule has 0 bridgehead atoms. The maximum Gasteiger partial charge on any atom is 0.338 e. The zero-order chi connectivity index (χ0) is 21.6. The van der Waals surface area contributed by atoms with Crippen LogP contribution in [0.25, 0.3) is 0 Å². The van der Waals surface area contributed by atoms with Crippen LogP contribution in [0.15, 0.2) is 47.4 Å². The smallest absolute Gasteiger partial charge is 0.338 e. The van der Waals surface area contributed by atoms with Crippen LogP contribution in [-0.4, -0.2) is 40.1 Å². The van der Waals surface area contributed by atoms with Crippen LogP contribution in [-0.2, 0) is 24.3 Å². The maximum atomic E-state index is 13.3. The van der Waals surface area contributed by atoms with E-state index in [0.717, 1.165) is 4.31 Å². The lowest BCUT2D eigenvalue weighted by molar-refractivity contribution is -0.141. The summed E-state index contributed by atoms with van der Waals surface area (Å²) in [6.45, 7) is 4.71. The van der Waals surface area contributed by atoms with Gasteiger partial charge < -0.3 is 9.47 Å². The number of carbonyl (C=O) groups is 2. The van der Waals surface area contributed by atoms with Gasteiger partial charge in [-0.1, -0.05) is 17.7 Å². The number of nitrogens with zero attached hydrogens (tertiary/aromatic N) is 1. The van der Waals surface area contributed by atoms with Crippen LogP contribution in [0, 0.1) is 6.92 Å². The maximum absolute atomic E-state index is 13.3. The summed E-state index contributed by atoms with van der Waals surface area (Å²) in [4.78, 5) is 24.2. The number of hydrogen-bond donors (Lipinski definition) is 0. The molecule has 0 atom stereocenters. The lowest BCUT2D eigenvalue weighted by Crippen LogP contribution is -2.37. The zero-order valence-electron chi connectivity index (χ0n) is 16.3. The van der Waals surface area contributed by atoms with Crippen LogP contribution < -0.4 is 4.31 Å². The van der Waals surface area contributed by atoms with Gasteiger partial charge in [0.25, 0.3) is 10.0 Å². The second-order valence-electron chi connectivity index (χ2n) is 5.99. The zero-order valence-corrected chi connectivity index (χ0v) is 17.9. The molecule has 0 spiro atoms. The normalized spacial score (nSPS) is 11.0. The summed E-state index contributed by atoms with van der Waals surface area (Å²) < 4.78 is 37.5. The van der Waals surface area contributed by atoms with Gasteiger partial charge in [0, 0.05) is 5.02 Å². The highest BCUT2D eigenvalue weighted by Crippen LogP contribution is 2.29. The number of benzene rings is 2. The molecule has 0 heterocycles. The summed E-state index contributed by atoms with van der Waals surface area (Å²) in [6.07, 6.45) is 0. The predicted octanol–water partition coefficient (Wildman–Crippen LogP) is 3.58. The number of anilines is 1. The fourth-order valence-electron chi connectivity index (χ4n) is 2.58. The van der Waals surface area contributed by atoms with Gasteiger partial charge in [0.2, 0.25) is 0 Å². The van der Waals surface area contributed by atoms with Crippen molar-refractivity contribution in [2.24, 2.45) is 0 Å². The fourth-order valence-corrected chi connectivity index (χ4v) is 4.17. The minimum atomic E-state index is -4.14. The molecule has 2 aromatic carbocycles. The molecular formula is C20H22ClNO6S. The Hall–Kier alpha value is -2.58. The molecule has 9 heteroatoms. The summed E-state index contributed by atoms with van der Waals surface area (Å²) in [7, 11) is -4.14. The van der Waals surface area contributed by atoms with E-state index in [-0.39, 0.29) is 29.4 Å². The van der Waals surface area contributed by atoms with E-state index in [9.17, 15) is 18.0 Å². The van der Waals surface area contributed by atoms with E-state index in [4.69, 9.17) is 21.1 Å². The second-order valence-corrected chi connectivity index (χ2v) is 8.29. The Kier molecular flexibility index (Phi) is 7.64. The van der Waals surface area contributed by atoms with Gasteiger partial charge in [-0.3, -0.25) is 9.10 Å².